The molecule has 0 saturated carbocycles. The second kappa shape index (κ2) is 4.44. The van der Waals surface area contributed by atoms with Gasteiger partial charge in [0.1, 0.15) is 0 Å². The Kier molecular flexibility index (Phi) is 3.00. The molecule has 0 fully saturated rings. The molecule has 2 aromatic heterocycles. The van der Waals surface area contributed by atoms with Crippen LogP contribution in [0.1, 0.15) is 32.2 Å². The van der Waals surface area contributed by atoms with Crippen LogP contribution in [0.4, 0.5) is 0 Å². The van der Waals surface area contributed by atoms with Gasteiger partial charge in [-0.1, -0.05) is 25.4 Å². The third-order valence-corrected chi connectivity index (χ3v) is 2.69. The van der Waals surface area contributed by atoms with Crippen molar-refractivity contribution in [1.82, 2.24) is 20.1 Å². The number of rotatable bonds is 4. The van der Waals surface area contributed by atoms with E-state index in [2.05, 4.69) is 34.0 Å². The molecule has 0 radical (unpaired) electrons. The Morgan fingerprint density at radius 1 is 1.56 bits per heavy atom. The summed E-state index contributed by atoms with van der Waals surface area (Å²) >= 11 is 0. The third-order valence-electron chi connectivity index (χ3n) is 2.69. The van der Waals surface area contributed by atoms with Gasteiger partial charge in [0.2, 0.25) is 11.7 Å². The van der Waals surface area contributed by atoms with E-state index in [4.69, 9.17) is 10.3 Å². The molecule has 6 heteroatoms. The molecule has 2 rings (SSSR count). The fourth-order valence-corrected chi connectivity index (χ4v) is 1.35. The Labute approximate surface area is 93.3 Å². The van der Waals surface area contributed by atoms with Gasteiger partial charge in [0, 0.05) is 12.4 Å². The van der Waals surface area contributed by atoms with E-state index in [0.717, 1.165) is 6.42 Å². The lowest BCUT2D eigenvalue weighted by molar-refractivity contribution is 0.312. The molecule has 16 heavy (non-hydrogen) atoms. The van der Waals surface area contributed by atoms with Gasteiger partial charge in [-0.15, -0.1) is 0 Å². The number of nitrogens with two attached hydrogens (primary N) is 1. The van der Waals surface area contributed by atoms with Crippen molar-refractivity contribution in [2.24, 2.45) is 11.7 Å². The molecule has 0 aliphatic heterocycles. The van der Waals surface area contributed by atoms with Crippen LogP contribution >= 0.6 is 0 Å². The van der Waals surface area contributed by atoms with Gasteiger partial charge in [-0.3, -0.25) is 0 Å². The van der Waals surface area contributed by atoms with Gasteiger partial charge in [-0.05, 0) is 5.92 Å². The molecule has 0 unspecified atom stereocenters. The van der Waals surface area contributed by atoms with E-state index < -0.39 is 0 Å². The largest absolute Gasteiger partial charge is 0.342 e. The first-order valence-electron chi connectivity index (χ1n) is 5.31. The fraction of sp³-hybridized carbons (Fsp3) is 0.500. The highest BCUT2D eigenvalue weighted by Crippen LogP contribution is 2.21. The smallest absolute Gasteiger partial charge is 0.244 e. The van der Waals surface area contributed by atoms with Crippen molar-refractivity contribution < 1.29 is 4.52 Å². The molecule has 0 spiro atoms. The second-order valence-electron chi connectivity index (χ2n) is 3.81. The summed E-state index contributed by atoms with van der Waals surface area (Å²) < 4.78 is 5.13. The maximum atomic E-state index is 5.99. The summed E-state index contributed by atoms with van der Waals surface area (Å²) in [6.45, 7) is 4.13. The summed E-state index contributed by atoms with van der Waals surface area (Å²) in [6.07, 6.45) is 4.32. The average Bonchev–Trinajstić information content (AvgIpc) is 2.96. The second-order valence-corrected chi connectivity index (χ2v) is 3.81. The number of H-pyrrole nitrogens is 1. The fourth-order valence-electron chi connectivity index (χ4n) is 1.35. The number of hydrogen-bond donors (Lipinski definition) is 2. The monoisotopic (exact) mass is 221 g/mol. The van der Waals surface area contributed by atoms with Crippen LogP contribution in [0.25, 0.3) is 11.6 Å². The van der Waals surface area contributed by atoms with Crippen molar-refractivity contribution in [2.45, 2.75) is 26.3 Å². The molecule has 0 bridgehead atoms. The summed E-state index contributed by atoms with van der Waals surface area (Å²) in [4.78, 5) is 11.2. The van der Waals surface area contributed by atoms with Crippen LogP contribution in [-0.4, -0.2) is 20.1 Å². The normalized spacial score (nSPS) is 14.9. The minimum absolute atomic E-state index is 0.221. The van der Waals surface area contributed by atoms with Crippen molar-refractivity contribution in [3.63, 3.8) is 0 Å². The Morgan fingerprint density at radius 3 is 3.00 bits per heavy atom. The Balaban J connectivity index is 2.20. The SMILES string of the molecule is CC[C@H](C)[C@H](N)c1nc(-c2ncc[nH]2)no1. The van der Waals surface area contributed by atoms with Crippen LogP contribution in [0.3, 0.4) is 0 Å². The van der Waals surface area contributed by atoms with Crippen molar-refractivity contribution in [2.75, 3.05) is 0 Å². The van der Waals surface area contributed by atoms with Crippen LogP contribution < -0.4 is 5.73 Å². The minimum atomic E-state index is -0.221. The predicted molar refractivity (Wildman–Crippen MR) is 58.3 cm³/mol. The molecule has 0 amide bonds. The molecule has 0 aliphatic rings. The van der Waals surface area contributed by atoms with Crippen LogP contribution in [0.15, 0.2) is 16.9 Å². The standard InChI is InChI=1S/C10H15N5O/c1-3-6(2)7(11)10-14-9(15-16-10)8-12-4-5-13-8/h4-7H,3,11H2,1-2H3,(H,12,13)/t6-,7-/m0/s1. The number of nitrogens with one attached hydrogen (secondary N) is 1. The van der Waals surface area contributed by atoms with Gasteiger partial charge in [-0.2, -0.15) is 4.98 Å². The van der Waals surface area contributed by atoms with Gasteiger partial charge in [0.05, 0.1) is 6.04 Å². The molecule has 3 N–H and O–H groups in total. The summed E-state index contributed by atoms with van der Waals surface area (Å²) in [5.41, 5.74) is 5.99. The maximum Gasteiger partial charge on any atom is 0.244 e. The van der Waals surface area contributed by atoms with E-state index in [-0.39, 0.29) is 6.04 Å². The Hall–Kier alpha value is -1.69. The van der Waals surface area contributed by atoms with Crippen LogP contribution in [-0.2, 0) is 0 Å². The number of aromatic amines is 1. The summed E-state index contributed by atoms with van der Waals surface area (Å²) in [5.74, 6) is 1.80. The highest BCUT2D eigenvalue weighted by Gasteiger charge is 2.20. The third kappa shape index (κ3) is 1.96. The van der Waals surface area contributed by atoms with E-state index in [1.54, 1.807) is 12.4 Å². The van der Waals surface area contributed by atoms with E-state index >= 15 is 0 Å². The zero-order valence-electron chi connectivity index (χ0n) is 9.34. The van der Waals surface area contributed by atoms with E-state index in [0.29, 0.717) is 23.5 Å². The number of aromatic nitrogens is 4. The van der Waals surface area contributed by atoms with Crippen molar-refractivity contribution in [3.05, 3.63) is 18.3 Å². The maximum absolute atomic E-state index is 5.99. The molecule has 6 nitrogen and oxygen atoms in total. The number of imidazole rings is 1. The first-order chi connectivity index (χ1) is 7.72. The van der Waals surface area contributed by atoms with Gasteiger partial charge in [0.15, 0.2) is 5.82 Å². The quantitative estimate of drug-likeness (QED) is 0.816. The first-order valence-corrected chi connectivity index (χ1v) is 5.31. The van der Waals surface area contributed by atoms with Gasteiger partial charge >= 0.3 is 0 Å². The van der Waals surface area contributed by atoms with Crippen molar-refractivity contribution in [3.8, 4) is 11.6 Å². The molecule has 2 atom stereocenters. The molecule has 2 heterocycles. The van der Waals surface area contributed by atoms with Gasteiger partial charge < -0.3 is 15.2 Å². The lowest BCUT2D eigenvalue weighted by Crippen LogP contribution is -2.18. The van der Waals surface area contributed by atoms with Crippen LogP contribution in [0.2, 0.25) is 0 Å². The van der Waals surface area contributed by atoms with E-state index in [1.807, 2.05) is 0 Å². The Bertz CT molecular complexity index is 436. The highest BCUT2D eigenvalue weighted by molar-refractivity contribution is 5.40. The average molecular weight is 221 g/mol. The molecular formula is C10H15N5O. The van der Waals surface area contributed by atoms with Crippen LogP contribution in [0, 0.1) is 5.92 Å². The summed E-state index contributed by atoms with van der Waals surface area (Å²) in [7, 11) is 0. The Morgan fingerprint density at radius 2 is 2.38 bits per heavy atom. The predicted octanol–water partition coefficient (Wildman–Crippen LogP) is 1.51. The van der Waals surface area contributed by atoms with Gasteiger partial charge in [-0.25, -0.2) is 4.98 Å². The molecule has 86 valence electrons. The zero-order valence-corrected chi connectivity index (χ0v) is 9.34. The lowest BCUT2D eigenvalue weighted by Gasteiger charge is -2.12. The number of hydrogen-bond acceptors (Lipinski definition) is 5. The lowest BCUT2D eigenvalue weighted by atomic mass is 10.0. The first kappa shape index (κ1) is 10.8. The number of nitrogens with zero attached hydrogens (tertiary/aromatic N) is 3. The van der Waals surface area contributed by atoms with Crippen LogP contribution in [0.5, 0.6) is 0 Å². The van der Waals surface area contributed by atoms with E-state index in [9.17, 15) is 0 Å². The molecule has 2 aromatic rings. The minimum Gasteiger partial charge on any atom is -0.342 e. The van der Waals surface area contributed by atoms with Crippen molar-refractivity contribution >= 4 is 0 Å². The van der Waals surface area contributed by atoms with E-state index in [1.165, 1.54) is 0 Å². The van der Waals surface area contributed by atoms with Gasteiger partial charge in [0.25, 0.3) is 0 Å². The molecular weight excluding hydrogens is 206 g/mol. The zero-order chi connectivity index (χ0) is 11.5. The summed E-state index contributed by atoms with van der Waals surface area (Å²) in [5, 5.41) is 3.84. The summed E-state index contributed by atoms with van der Waals surface area (Å²) in [6, 6.07) is -0.221. The molecule has 0 saturated heterocycles. The highest BCUT2D eigenvalue weighted by atomic mass is 16.5. The molecule has 0 aromatic carbocycles. The molecule has 0 aliphatic carbocycles. The van der Waals surface area contributed by atoms with Crippen molar-refractivity contribution in [1.29, 1.82) is 0 Å². The topological polar surface area (TPSA) is 93.6 Å².